The first-order valence-corrected chi connectivity index (χ1v) is 11.6. The van der Waals surface area contributed by atoms with E-state index in [1.807, 2.05) is 4.90 Å². The average molecular weight is 495 g/mol. The molecular weight excluding hydrogens is 469 g/mol. The van der Waals surface area contributed by atoms with E-state index in [9.17, 15) is 9.59 Å². The highest BCUT2D eigenvalue weighted by molar-refractivity contribution is 7.99. The van der Waals surface area contributed by atoms with E-state index in [0.717, 1.165) is 25.1 Å². The third kappa shape index (κ3) is 5.37. The number of benzene rings is 1. The second kappa shape index (κ2) is 11.5. The Morgan fingerprint density at radius 1 is 1.27 bits per heavy atom. The first kappa shape index (κ1) is 25.1. The number of ether oxygens (including phenoxy) is 1. The van der Waals surface area contributed by atoms with Crippen LogP contribution in [0.4, 0.5) is 0 Å². The molecule has 1 aliphatic rings. The van der Waals surface area contributed by atoms with Crippen molar-refractivity contribution in [3.8, 4) is 5.75 Å². The molecule has 2 N–H and O–H groups in total. The Bertz CT molecular complexity index is 962. The van der Waals surface area contributed by atoms with Crippen LogP contribution in [0.2, 0.25) is 10.0 Å². The minimum atomic E-state index is -0.245. The van der Waals surface area contributed by atoms with E-state index >= 15 is 0 Å². The highest BCUT2D eigenvalue weighted by Gasteiger charge is 2.22. The molecule has 30 heavy (non-hydrogen) atoms. The molecule has 0 aliphatic carbocycles. The van der Waals surface area contributed by atoms with Crippen molar-refractivity contribution in [2.24, 2.45) is 5.73 Å². The van der Waals surface area contributed by atoms with Crippen molar-refractivity contribution in [2.75, 3.05) is 24.8 Å². The van der Waals surface area contributed by atoms with Crippen molar-refractivity contribution in [1.29, 1.82) is 0 Å². The van der Waals surface area contributed by atoms with Gasteiger partial charge in [-0.05, 0) is 18.6 Å². The minimum Gasteiger partial charge on any atom is -0.491 e. The van der Waals surface area contributed by atoms with Gasteiger partial charge in [0.25, 0.3) is 5.56 Å². The molecule has 10 heteroatoms. The predicted molar refractivity (Wildman–Crippen MR) is 127 cm³/mol. The van der Waals surface area contributed by atoms with E-state index in [0.29, 0.717) is 44.7 Å². The maximum Gasteiger partial charge on any atom is 0.258 e. The van der Waals surface area contributed by atoms with Crippen molar-refractivity contribution in [2.45, 2.75) is 39.3 Å². The van der Waals surface area contributed by atoms with Crippen LogP contribution in [0.15, 0.2) is 16.9 Å². The monoisotopic (exact) mass is 493 g/mol. The zero-order valence-electron chi connectivity index (χ0n) is 16.8. The Balaban J connectivity index is 0.00000320. The number of halogens is 3. The summed E-state index contributed by atoms with van der Waals surface area (Å²) in [6, 6.07) is 3.21. The Hall–Kier alpha value is -1.12. The van der Waals surface area contributed by atoms with Crippen molar-refractivity contribution in [1.82, 2.24) is 9.47 Å². The van der Waals surface area contributed by atoms with Crippen LogP contribution in [0, 0.1) is 0 Å². The summed E-state index contributed by atoms with van der Waals surface area (Å²) in [5.41, 5.74) is 6.34. The maximum atomic E-state index is 13.2. The van der Waals surface area contributed by atoms with E-state index in [1.54, 1.807) is 28.5 Å². The fourth-order valence-electron chi connectivity index (χ4n) is 3.35. The molecule has 1 amide bonds. The van der Waals surface area contributed by atoms with Gasteiger partial charge in [-0.1, -0.05) is 36.5 Å². The van der Waals surface area contributed by atoms with Gasteiger partial charge in [-0.3, -0.25) is 9.59 Å². The second-order valence-electron chi connectivity index (χ2n) is 6.90. The second-order valence-corrected chi connectivity index (χ2v) is 8.78. The molecule has 0 atom stereocenters. The minimum absolute atomic E-state index is 0. The van der Waals surface area contributed by atoms with Crippen molar-refractivity contribution in [3.63, 3.8) is 0 Å². The van der Waals surface area contributed by atoms with Crippen LogP contribution in [0.3, 0.4) is 0 Å². The average Bonchev–Trinajstić information content (AvgIpc) is 3.25. The number of fused-ring (bicyclic) bond motifs is 1. The molecule has 0 unspecified atom stereocenters. The summed E-state index contributed by atoms with van der Waals surface area (Å²) in [5.74, 6) is 2.23. The third-order valence-corrected chi connectivity index (χ3v) is 6.65. The largest absolute Gasteiger partial charge is 0.491 e. The van der Waals surface area contributed by atoms with Crippen LogP contribution in [-0.2, 0) is 17.9 Å². The van der Waals surface area contributed by atoms with E-state index in [2.05, 4.69) is 6.92 Å². The number of aromatic nitrogens is 1. The van der Waals surface area contributed by atoms with Crippen molar-refractivity contribution >= 4 is 64.1 Å². The Kier molecular flexibility index (Phi) is 9.63. The molecule has 2 heterocycles. The number of nitrogens with two attached hydrogens (primary N) is 1. The summed E-state index contributed by atoms with van der Waals surface area (Å²) in [5, 5.41) is 1.65. The van der Waals surface area contributed by atoms with Gasteiger partial charge in [0.15, 0.2) is 0 Å². The lowest BCUT2D eigenvalue weighted by Gasteiger charge is -2.20. The van der Waals surface area contributed by atoms with Gasteiger partial charge in [0.05, 0.1) is 33.6 Å². The lowest BCUT2D eigenvalue weighted by molar-refractivity contribution is -0.129. The molecule has 0 bridgehead atoms. The molecule has 0 spiro atoms. The number of hydrogen-bond donors (Lipinski definition) is 1. The SMILES string of the molecule is CCCCOc1c(CN)n(CCC(=O)N2CCSC2)c(=O)c2cc(Cl)c(Cl)cc12.Cl. The molecule has 1 aromatic heterocycles. The summed E-state index contributed by atoms with van der Waals surface area (Å²) in [4.78, 5) is 27.5. The number of pyridine rings is 1. The number of carbonyl (C=O) groups excluding carboxylic acids is 1. The highest BCUT2D eigenvalue weighted by Crippen LogP contribution is 2.34. The zero-order valence-corrected chi connectivity index (χ0v) is 19.9. The molecule has 6 nitrogen and oxygen atoms in total. The van der Waals surface area contributed by atoms with Gasteiger partial charge < -0.3 is 19.9 Å². The molecule has 0 saturated carbocycles. The Morgan fingerprint density at radius 3 is 2.57 bits per heavy atom. The number of hydrogen-bond acceptors (Lipinski definition) is 5. The van der Waals surface area contributed by atoms with Crippen LogP contribution in [0.25, 0.3) is 10.8 Å². The van der Waals surface area contributed by atoms with Gasteiger partial charge in [0, 0.05) is 37.2 Å². The number of thioether (sulfide) groups is 1. The molecule has 166 valence electrons. The van der Waals surface area contributed by atoms with Crippen LogP contribution in [-0.4, -0.2) is 40.2 Å². The van der Waals surface area contributed by atoms with Gasteiger partial charge in [0.1, 0.15) is 5.75 Å². The number of amides is 1. The van der Waals surface area contributed by atoms with Gasteiger partial charge in [0.2, 0.25) is 5.91 Å². The molecule has 1 aliphatic heterocycles. The van der Waals surface area contributed by atoms with E-state index < -0.39 is 0 Å². The van der Waals surface area contributed by atoms with E-state index in [1.165, 1.54) is 0 Å². The maximum absolute atomic E-state index is 13.2. The van der Waals surface area contributed by atoms with Gasteiger partial charge in [-0.2, -0.15) is 0 Å². The van der Waals surface area contributed by atoms with Crippen LogP contribution in [0.5, 0.6) is 5.75 Å². The number of carbonyl (C=O) groups is 1. The molecule has 1 fully saturated rings. The third-order valence-electron chi connectivity index (χ3n) is 4.96. The first-order valence-electron chi connectivity index (χ1n) is 9.70. The smallest absolute Gasteiger partial charge is 0.258 e. The lowest BCUT2D eigenvalue weighted by Crippen LogP contribution is -2.32. The van der Waals surface area contributed by atoms with Crippen LogP contribution < -0.4 is 16.0 Å². The summed E-state index contributed by atoms with van der Waals surface area (Å²) in [6.07, 6.45) is 2.08. The van der Waals surface area contributed by atoms with Gasteiger partial charge >= 0.3 is 0 Å². The predicted octanol–water partition coefficient (Wildman–Crippen LogP) is 4.29. The quantitative estimate of drug-likeness (QED) is 0.554. The molecule has 2 aromatic rings. The molecule has 3 rings (SSSR count). The summed E-state index contributed by atoms with van der Waals surface area (Å²) in [6.45, 7) is 3.68. The fraction of sp³-hybridized carbons (Fsp3) is 0.500. The van der Waals surface area contributed by atoms with Crippen LogP contribution >= 0.6 is 47.4 Å². The molecule has 1 aromatic carbocycles. The summed E-state index contributed by atoms with van der Waals surface area (Å²) >= 11 is 14.1. The first-order chi connectivity index (χ1) is 14.0. The standard InChI is InChI=1S/C20H25Cl2N3O3S.ClH/c1-2-3-7-28-19-13-9-15(21)16(22)10-14(13)20(27)25(17(19)11-23)5-4-18(26)24-6-8-29-12-24;/h9-10H,2-8,11-12,23H2,1H3;1H. The molecular formula is C20H26Cl3N3O3S. The summed E-state index contributed by atoms with van der Waals surface area (Å²) in [7, 11) is 0. The zero-order chi connectivity index (χ0) is 21.0. The number of rotatable bonds is 8. The lowest BCUT2D eigenvalue weighted by atomic mass is 10.1. The Morgan fingerprint density at radius 2 is 1.97 bits per heavy atom. The number of nitrogens with zero attached hydrogens (tertiary/aromatic N) is 2. The molecule has 0 radical (unpaired) electrons. The number of unbranched alkanes of at least 4 members (excludes halogenated alkanes) is 1. The summed E-state index contributed by atoms with van der Waals surface area (Å²) < 4.78 is 7.59. The van der Waals surface area contributed by atoms with Crippen LogP contribution in [0.1, 0.15) is 31.9 Å². The van der Waals surface area contributed by atoms with Gasteiger partial charge in [-0.25, -0.2) is 0 Å². The van der Waals surface area contributed by atoms with E-state index in [-0.39, 0.29) is 43.4 Å². The van der Waals surface area contributed by atoms with E-state index in [4.69, 9.17) is 33.7 Å². The van der Waals surface area contributed by atoms with Gasteiger partial charge in [-0.15, -0.1) is 24.2 Å². The Labute approximate surface area is 196 Å². The van der Waals surface area contributed by atoms with Crippen molar-refractivity contribution < 1.29 is 9.53 Å². The topological polar surface area (TPSA) is 77.6 Å². The fourth-order valence-corrected chi connectivity index (χ4v) is 4.65. The normalized spacial score (nSPS) is 13.5. The highest BCUT2D eigenvalue weighted by atomic mass is 35.5. The molecule has 1 saturated heterocycles. The van der Waals surface area contributed by atoms with Crippen molar-refractivity contribution in [3.05, 3.63) is 38.2 Å².